The number of carbonyl (C=O) groups excluding carboxylic acids is 1. The Kier molecular flexibility index (Phi) is 4.40. The molecule has 0 spiro atoms. The first-order valence-electron chi connectivity index (χ1n) is 9.56. The van der Waals surface area contributed by atoms with Crippen molar-refractivity contribution in [2.75, 3.05) is 4.90 Å². The monoisotopic (exact) mass is 394 g/mol. The first-order valence-corrected chi connectivity index (χ1v) is 9.56. The average molecular weight is 394 g/mol. The molecule has 0 atom stereocenters. The molecule has 7 nitrogen and oxygen atoms in total. The number of rotatable bonds is 4. The summed E-state index contributed by atoms with van der Waals surface area (Å²) in [6, 6.07) is 19.0. The first kappa shape index (κ1) is 17.9. The van der Waals surface area contributed by atoms with E-state index in [-0.39, 0.29) is 5.91 Å². The number of fused-ring (bicyclic) bond motifs is 3. The Morgan fingerprint density at radius 2 is 1.93 bits per heavy atom. The van der Waals surface area contributed by atoms with E-state index in [9.17, 15) is 4.79 Å². The lowest BCUT2D eigenvalue weighted by atomic mass is 10.1. The number of hydrogen-bond acceptors (Lipinski definition) is 5. The van der Waals surface area contributed by atoms with Gasteiger partial charge in [-0.2, -0.15) is 0 Å². The van der Waals surface area contributed by atoms with E-state index in [1.807, 2.05) is 72.0 Å². The quantitative estimate of drug-likeness (QED) is 0.463. The van der Waals surface area contributed by atoms with E-state index in [0.717, 1.165) is 28.0 Å². The zero-order chi connectivity index (χ0) is 20.5. The van der Waals surface area contributed by atoms with Crippen molar-refractivity contribution >= 4 is 28.3 Å². The van der Waals surface area contributed by atoms with E-state index in [1.165, 1.54) is 0 Å². The maximum Gasteiger partial charge on any atom is 0.258 e. The van der Waals surface area contributed by atoms with Crippen LogP contribution in [-0.2, 0) is 6.54 Å². The normalized spacial score (nSPS) is 11.1. The van der Waals surface area contributed by atoms with Gasteiger partial charge in [0.1, 0.15) is 6.33 Å². The molecule has 0 fully saturated rings. The number of hydrogen-bond donors (Lipinski definition) is 0. The fraction of sp³-hybridized carbons (Fsp3) is 0.0870. The smallest absolute Gasteiger partial charge is 0.258 e. The Bertz CT molecular complexity index is 1350. The lowest BCUT2D eigenvalue weighted by Gasteiger charge is -2.23. The van der Waals surface area contributed by atoms with Crippen LogP contribution in [0.2, 0.25) is 0 Å². The molecule has 0 saturated carbocycles. The van der Waals surface area contributed by atoms with E-state index in [1.54, 1.807) is 23.6 Å². The van der Waals surface area contributed by atoms with Gasteiger partial charge in [-0.05, 0) is 48.9 Å². The van der Waals surface area contributed by atoms with E-state index >= 15 is 0 Å². The van der Waals surface area contributed by atoms with Crippen LogP contribution in [0.5, 0.6) is 0 Å². The van der Waals surface area contributed by atoms with Crippen LogP contribution in [0.1, 0.15) is 21.6 Å². The molecule has 3 heterocycles. The van der Waals surface area contributed by atoms with Crippen molar-refractivity contribution in [1.82, 2.24) is 24.6 Å². The molecule has 0 N–H and O–H groups in total. The second-order valence-corrected chi connectivity index (χ2v) is 7.01. The van der Waals surface area contributed by atoms with Gasteiger partial charge in [0, 0.05) is 23.6 Å². The topological polar surface area (TPSA) is 76.3 Å². The van der Waals surface area contributed by atoms with E-state index in [4.69, 9.17) is 0 Å². The van der Waals surface area contributed by atoms with E-state index < -0.39 is 0 Å². The Labute approximate surface area is 172 Å². The van der Waals surface area contributed by atoms with Crippen LogP contribution in [0, 0.1) is 6.92 Å². The second kappa shape index (κ2) is 7.36. The summed E-state index contributed by atoms with van der Waals surface area (Å²) in [6.45, 7) is 2.32. The summed E-state index contributed by atoms with van der Waals surface area (Å²) in [5, 5.41) is 8.13. The van der Waals surface area contributed by atoms with Gasteiger partial charge in [0.25, 0.3) is 5.91 Å². The number of benzene rings is 2. The van der Waals surface area contributed by atoms with Gasteiger partial charge >= 0.3 is 0 Å². The lowest BCUT2D eigenvalue weighted by molar-refractivity contribution is 0.0985. The van der Waals surface area contributed by atoms with Gasteiger partial charge in [0.05, 0.1) is 23.3 Å². The molecule has 0 saturated heterocycles. The summed E-state index contributed by atoms with van der Waals surface area (Å²) >= 11 is 0. The Morgan fingerprint density at radius 1 is 1.07 bits per heavy atom. The molecular weight excluding hydrogens is 376 g/mol. The molecule has 0 aliphatic carbocycles. The largest absolute Gasteiger partial charge is 0.304 e. The Hall–Kier alpha value is -4.13. The lowest BCUT2D eigenvalue weighted by Crippen LogP contribution is -2.30. The summed E-state index contributed by atoms with van der Waals surface area (Å²) in [5.74, 6) is -0.103. The maximum absolute atomic E-state index is 13.6. The van der Waals surface area contributed by atoms with Crippen LogP contribution in [0.3, 0.4) is 0 Å². The number of anilines is 1. The molecule has 5 aromatic rings. The summed E-state index contributed by atoms with van der Waals surface area (Å²) in [5.41, 5.74) is 5.40. The highest BCUT2D eigenvalue weighted by Crippen LogP contribution is 2.23. The Morgan fingerprint density at radius 3 is 2.73 bits per heavy atom. The third-order valence-electron chi connectivity index (χ3n) is 5.02. The van der Waals surface area contributed by atoms with Gasteiger partial charge in [-0.15, -0.1) is 10.2 Å². The third kappa shape index (κ3) is 3.16. The van der Waals surface area contributed by atoms with Crippen molar-refractivity contribution in [1.29, 1.82) is 0 Å². The minimum Gasteiger partial charge on any atom is -0.304 e. The molecule has 0 unspecified atom stereocenters. The molecule has 7 heteroatoms. The van der Waals surface area contributed by atoms with Crippen LogP contribution in [-0.4, -0.2) is 30.5 Å². The van der Waals surface area contributed by atoms with Crippen molar-refractivity contribution in [2.24, 2.45) is 0 Å². The van der Waals surface area contributed by atoms with Crippen molar-refractivity contribution in [3.05, 3.63) is 96.2 Å². The SMILES string of the molecule is Cc1nc2ccc(C(=O)N(Cc3cccnc3)c3ccccc3)cc2n2cnnc12. The molecular formula is C23H18N6O. The number of pyridine rings is 1. The van der Waals surface area contributed by atoms with Crippen LogP contribution in [0.25, 0.3) is 16.7 Å². The number of nitrogens with zero attached hydrogens (tertiary/aromatic N) is 6. The van der Waals surface area contributed by atoms with Crippen molar-refractivity contribution < 1.29 is 4.79 Å². The first-order chi connectivity index (χ1) is 14.7. The van der Waals surface area contributed by atoms with Gasteiger partial charge in [0.2, 0.25) is 0 Å². The fourth-order valence-corrected chi connectivity index (χ4v) is 3.55. The number of carbonyl (C=O) groups is 1. The molecule has 0 radical (unpaired) electrons. The molecule has 0 aliphatic rings. The van der Waals surface area contributed by atoms with Crippen LogP contribution < -0.4 is 4.90 Å². The third-order valence-corrected chi connectivity index (χ3v) is 5.02. The summed E-state index contributed by atoms with van der Waals surface area (Å²) in [7, 11) is 0. The van der Waals surface area contributed by atoms with Gasteiger partial charge in [-0.25, -0.2) is 4.98 Å². The number of aromatic nitrogens is 5. The van der Waals surface area contributed by atoms with Gasteiger partial charge in [0.15, 0.2) is 5.65 Å². The standard InChI is InChI=1S/C23H18N6O/c1-16-22-27-25-15-29(22)21-12-18(9-10-20(21)26-16)23(30)28(19-7-3-2-4-8-19)14-17-6-5-11-24-13-17/h2-13,15H,14H2,1H3. The zero-order valence-corrected chi connectivity index (χ0v) is 16.3. The highest BCUT2D eigenvalue weighted by Gasteiger charge is 2.19. The highest BCUT2D eigenvalue weighted by molar-refractivity contribution is 6.07. The number of amides is 1. The van der Waals surface area contributed by atoms with E-state index in [2.05, 4.69) is 20.2 Å². The molecule has 0 aliphatic heterocycles. The number of aryl methyl sites for hydroxylation is 1. The molecule has 3 aromatic heterocycles. The molecule has 30 heavy (non-hydrogen) atoms. The summed E-state index contributed by atoms with van der Waals surface area (Å²) in [4.78, 5) is 24.1. The predicted octanol–water partition coefficient (Wildman–Crippen LogP) is 3.83. The minimum atomic E-state index is -0.103. The maximum atomic E-state index is 13.6. The minimum absolute atomic E-state index is 0.103. The summed E-state index contributed by atoms with van der Waals surface area (Å²) in [6.07, 6.45) is 5.14. The van der Waals surface area contributed by atoms with Crippen LogP contribution in [0.15, 0.2) is 79.4 Å². The Balaban J connectivity index is 1.60. The molecule has 5 rings (SSSR count). The molecule has 2 aromatic carbocycles. The predicted molar refractivity (Wildman–Crippen MR) is 114 cm³/mol. The van der Waals surface area contributed by atoms with Gasteiger partial charge in [-0.3, -0.25) is 14.2 Å². The van der Waals surface area contributed by atoms with E-state index in [0.29, 0.717) is 17.8 Å². The second-order valence-electron chi connectivity index (χ2n) is 7.01. The van der Waals surface area contributed by atoms with Crippen molar-refractivity contribution in [2.45, 2.75) is 13.5 Å². The van der Waals surface area contributed by atoms with Crippen molar-refractivity contribution in [3.63, 3.8) is 0 Å². The van der Waals surface area contributed by atoms with Crippen LogP contribution in [0.4, 0.5) is 5.69 Å². The average Bonchev–Trinajstić information content (AvgIpc) is 3.29. The molecule has 0 bridgehead atoms. The van der Waals surface area contributed by atoms with Gasteiger partial charge < -0.3 is 4.90 Å². The van der Waals surface area contributed by atoms with Crippen LogP contribution >= 0.6 is 0 Å². The highest BCUT2D eigenvalue weighted by atomic mass is 16.2. The van der Waals surface area contributed by atoms with Crippen molar-refractivity contribution in [3.8, 4) is 0 Å². The summed E-state index contributed by atoms with van der Waals surface area (Å²) < 4.78 is 1.86. The molecule has 1 amide bonds. The zero-order valence-electron chi connectivity index (χ0n) is 16.3. The number of para-hydroxylation sites is 1. The van der Waals surface area contributed by atoms with Gasteiger partial charge in [-0.1, -0.05) is 24.3 Å². The fourth-order valence-electron chi connectivity index (χ4n) is 3.55. The molecule has 146 valence electrons.